The summed E-state index contributed by atoms with van der Waals surface area (Å²) < 4.78 is 11.6. The number of hydrogen-bond acceptors (Lipinski definition) is 5. The van der Waals surface area contributed by atoms with Crippen molar-refractivity contribution in [3.8, 4) is 11.5 Å². The number of hydrogen-bond donors (Lipinski definition) is 0. The minimum atomic E-state index is -0.238. The summed E-state index contributed by atoms with van der Waals surface area (Å²) in [6.07, 6.45) is 0.659. The minimum Gasteiger partial charge on any atom is -0.497 e. The number of fused-ring (bicyclic) bond motifs is 3. The van der Waals surface area contributed by atoms with Gasteiger partial charge in [0.2, 0.25) is 6.23 Å². The lowest BCUT2D eigenvalue weighted by Gasteiger charge is -2.38. The van der Waals surface area contributed by atoms with Crippen molar-refractivity contribution in [3.05, 3.63) is 82.0 Å². The molecule has 1 aromatic heterocycles. The molecular weight excluding hydrogens is 344 g/mol. The van der Waals surface area contributed by atoms with E-state index in [0.717, 1.165) is 29.2 Å². The van der Waals surface area contributed by atoms with Crippen LogP contribution in [0.2, 0.25) is 0 Å². The van der Waals surface area contributed by atoms with Gasteiger partial charge in [-0.05, 0) is 41.8 Å². The Bertz CT molecular complexity index is 950. The summed E-state index contributed by atoms with van der Waals surface area (Å²) in [5.41, 5.74) is 3.40. The molecule has 4 nitrogen and oxygen atoms in total. The van der Waals surface area contributed by atoms with Gasteiger partial charge in [0.25, 0.3) is 0 Å². The molecule has 2 atom stereocenters. The molecule has 2 aromatic carbocycles. The molecular formula is C21H18N2O2S. The van der Waals surface area contributed by atoms with E-state index in [1.165, 1.54) is 10.4 Å². The van der Waals surface area contributed by atoms with Crippen molar-refractivity contribution in [2.45, 2.75) is 18.7 Å². The maximum absolute atomic E-state index is 6.35. The lowest BCUT2D eigenvalue weighted by molar-refractivity contribution is -0.0190. The van der Waals surface area contributed by atoms with E-state index in [1.807, 2.05) is 36.4 Å². The van der Waals surface area contributed by atoms with Crippen LogP contribution in [0.5, 0.6) is 11.5 Å². The van der Waals surface area contributed by atoms with Crippen molar-refractivity contribution in [2.24, 2.45) is 5.10 Å². The highest BCUT2D eigenvalue weighted by Gasteiger charge is 2.40. The number of rotatable bonds is 3. The summed E-state index contributed by atoms with van der Waals surface area (Å²) in [6.45, 7) is 0. The summed E-state index contributed by atoms with van der Waals surface area (Å²) in [6, 6.07) is 20.7. The Morgan fingerprint density at radius 3 is 2.69 bits per heavy atom. The maximum Gasteiger partial charge on any atom is 0.213 e. The number of thiophene rings is 1. The second-order valence-electron chi connectivity index (χ2n) is 6.41. The Labute approximate surface area is 156 Å². The molecule has 0 amide bonds. The van der Waals surface area contributed by atoms with Gasteiger partial charge in [0.05, 0.1) is 23.7 Å². The molecule has 3 heterocycles. The number of methoxy groups -OCH3 is 1. The second-order valence-corrected chi connectivity index (χ2v) is 7.35. The predicted octanol–water partition coefficient (Wildman–Crippen LogP) is 5.00. The first kappa shape index (κ1) is 15.5. The van der Waals surface area contributed by atoms with Gasteiger partial charge in [0.1, 0.15) is 11.5 Å². The van der Waals surface area contributed by atoms with E-state index < -0.39 is 0 Å². The zero-order valence-electron chi connectivity index (χ0n) is 14.3. The molecule has 130 valence electrons. The van der Waals surface area contributed by atoms with Crippen LogP contribution in [0.4, 0.5) is 0 Å². The van der Waals surface area contributed by atoms with Crippen molar-refractivity contribution >= 4 is 17.0 Å². The fourth-order valence-electron chi connectivity index (χ4n) is 3.61. The quantitative estimate of drug-likeness (QED) is 0.658. The minimum absolute atomic E-state index is 0.198. The lowest BCUT2D eigenvalue weighted by Crippen LogP contribution is -2.33. The van der Waals surface area contributed by atoms with E-state index in [0.29, 0.717) is 0 Å². The summed E-state index contributed by atoms with van der Waals surface area (Å²) >= 11 is 1.73. The average molecular weight is 362 g/mol. The molecule has 0 radical (unpaired) electrons. The summed E-state index contributed by atoms with van der Waals surface area (Å²) in [5, 5.41) is 9.16. The lowest BCUT2D eigenvalue weighted by atomic mass is 9.98. The molecule has 2 aliphatic rings. The van der Waals surface area contributed by atoms with Crippen molar-refractivity contribution in [1.29, 1.82) is 0 Å². The number of para-hydroxylation sites is 1. The Kier molecular flexibility index (Phi) is 3.68. The van der Waals surface area contributed by atoms with Gasteiger partial charge in [0, 0.05) is 17.5 Å². The molecule has 26 heavy (non-hydrogen) atoms. The van der Waals surface area contributed by atoms with Crippen molar-refractivity contribution in [3.63, 3.8) is 0 Å². The van der Waals surface area contributed by atoms with Gasteiger partial charge in [-0.25, -0.2) is 5.01 Å². The first-order chi connectivity index (χ1) is 12.8. The molecule has 0 N–H and O–H groups in total. The van der Waals surface area contributed by atoms with Crippen LogP contribution in [0.25, 0.3) is 0 Å². The van der Waals surface area contributed by atoms with E-state index in [4.69, 9.17) is 14.6 Å². The third-order valence-corrected chi connectivity index (χ3v) is 5.82. The highest BCUT2D eigenvalue weighted by atomic mass is 32.1. The van der Waals surface area contributed by atoms with Crippen LogP contribution in [-0.2, 0) is 0 Å². The Morgan fingerprint density at radius 1 is 1.08 bits per heavy atom. The normalized spacial score (nSPS) is 20.8. The largest absolute Gasteiger partial charge is 0.497 e. The van der Waals surface area contributed by atoms with Crippen LogP contribution in [-0.4, -0.2) is 17.8 Å². The van der Waals surface area contributed by atoms with Gasteiger partial charge in [-0.1, -0.05) is 24.3 Å². The molecule has 0 fully saturated rings. The highest BCUT2D eigenvalue weighted by Crippen LogP contribution is 2.47. The SMILES string of the molecule is COc1ccc([C@@H]2Oc3ccccc3[C@@H]3CC(c4cccs4)=NN32)cc1. The van der Waals surface area contributed by atoms with Gasteiger partial charge in [-0.15, -0.1) is 11.3 Å². The Hall–Kier alpha value is -2.79. The van der Waals surface area contributed by atoms with Crippen molar-refractivity contribution < 1.29 is 9.47 Å². The molecule has 0 spiro atoms. The first-order valence-electron chi connectivity index (χ1n) is 8.63. The zero-order valence-corrected chi connectivity index (χ0v) is 15.1. The van der Waals surface area contributed by atoms with Crippen LogP contribution in [0.1, 0.15) is 34.7 Å². The molecule has 5 heteroatoms. The van der Waals surface area contributed by atoms with Crippen LogP contribution in [0.15, 0.2) is 71.1 Å². The maximum atomic E-state index is 6.35. The fraction of sp³-hybridized carbons (Fsp3) is 0.190. The van der Waals surface area contributed by atoms with E-state index in [2.05, 4.69) is 34.7 Å². The number of hydrazone groups is 1. The topological polar surface area (TPSA) is 34.1 Å². The van der Waals surface area contributed by atoms with E-state index >= 15 is 0 Å². The van der Waals surface area contributed by atoms with E-state index in [1.54, 1.807) is 18.4 Å². The van der Waals surface area contributed by atoms with Gasteiger partial charge in [0.15, 0.2) is 0 Å². The Morgan fingerprint density at radius 2 is 1.92 bits per heavy atom. The molecule has 0 saturated carbocycles. The number of ether oxygens (including phenoxy) is 2. The molecule has 5 rings (SSSR count). The fourth-order valence-corrected chi connectivity index (χ4v) is 4.34. The molecule has 0 saturated heterocycles. The van der Waals surface area contributed by atoms with Gasteiger partial charge in [-0.3, -0.25) is 0 Å². The van der Waals surface area contributed by atoms with Crippen LogP contribution in [0, 0.1) is 0 Å². The summed E-state index contributed by atoms with van der Waals surface area (Å²) in [4.78, 5) is 1.23. The van der Waals surface area contributed by atoms with E-state index in [9.17, 15) is 0 Å². The molecule has 0 aliphatic carbocycles. The van der Waals surface area contributed by atoms with Crippen LogP contribution >= 0.6 is 11.3 Å². The first-order valence-corrected chi connectivity index (χ1v) is 9.50. The highest BCUT2D eigenvalue weighted by molar-refractivity contribution is 7.12. The smallest absolute Gasteiger partial charge is 0.213 e. The summed E-state index contributed by atoms with van der Waals surface area (Å²) in [7, 11) is 1.68. The van der Waals surface area contributed by atoms with Gasteiger partial charge >= 0.3 is 0 Å². The molecule has 0 bridgehead atoms. The third-order valence-electron chi connectivity index (χ3n) is 4.91. The van der Waals surface area contributed by atoms with E-state index in [-0.39, 0.29) is 12.3 Å². The molecule has 2 aliphatic heterocycles. The van der Waals surface area contributed by atoms with Crippen LogP contribution in [0.3, 0.4) is 0 Å². The third kappa shape index (κ3) is 2.47. The number of benzene rings is 2. The molecule has 3 aromatic rings. The van der Waals surface area contributed by atoms with Gasteiger partial charge < -0.3 is 9.47 Å². The van der Waals surface area contributed by atoms with Crippen LogP contribution < -0.4 is 9.47 Å². The zero-order chi connectivity index (χ0) is 17.5. The predicted molar refractivity (Wildman–Crippen MR) is 103 cm³/mol. The Balaban J connectivity index is 1.58. The van der Waals surface area contributed by atoms with Crippen molar-refractivity contribution in [2.75, 3.05) is 7.11 Å². The number of nitrogens with zero attached hydrogens (tertiary/aromatic N) is 2. The van der Waals surface area contributed by atoms with Gasteiger partial charge in [-0.2, -0.15) is 5.10 Å². The standard InChI is InChI=1S/C21H18N2O2S/c1-24-15-10-8-14(9-11-15)21-23-18(16-5-2-3-6-19(16)25-21)13-17(22-23)20-7-4-12-26-20/h2-12,18,21H,13H2,1H3/t18-,21-/m0/s1. The molecule has 0 unspecified atom stereocenters. The second kappa shape index (κ2) is 6.18. The average Bonchev–Trinajstić information content (AvgIpc) is 3.37. The summed E-state index contributed by atoms with van der Waals surface area (Å²) in [5.74, 6) is 1.78. The van der Waals surface area contributed by atoms with Crippen molar-refractivity contribution in [1.82, 2.24) is 5.01 Å². The monoisotopic (exact) mass is 362 g/mol.